The Hall–Kier alpha value is -1.82. The van der Waals surface area contributed by atoms with Crippen molar-refractivity contribution in [3.05, 3.63) is 23.8 Å². The van der Waals surface area contributed by atoms with E-state index in [1.807, 2.05) is 32.0 Å². The van der Waals surface area contributed by atoms with Crippen molar-refractivity contribution in [2.45, 2.75) is 39.2 Å². The van der Waals surface area contributed by atoms with Gasteiger partial charge in [-0.05, 0) is 63.0 Å². The highest BCUT2D eigenvalue weighted by Crippen LogP contribution is 2.30. The zero-order valence-corrected chi connectivity index (χ0v) is 15.1. The zero-order chi connectivity index (χ0) is 17.1. The molecule has 24 heavy (non-hydrogen) atoms. The Balaban J connectivity index is 1.67. The highest BCUT2D eigenvalue weighted by atomic mass is 32.1. The maximum absolute atomic E-state index is 12.5. The number of amides is 1. The van der Waals surface area contributed by atoms with Crippen molar-refractivity contribution >= 4 is 23.2 Å². The summed E-state index contributed by atoms with van der Waals surface area (Å²) in [5.74, 6) is 1.68. The van der Waals surface area contributed by atoms with Crippen LogP contribution in [0, 0.1) is 0 Å². The Bertz CT molecular complexity index is 613. The van der Waals surface area contributed by atoms with Crippen molar-refractivity contribution < 1.29 is 14.3 Å². The molecule has 0 spiro atoms. The van der Waals surface area contributed by atoms with Gasteiger partial charge in [-0.2, -0.15) is 0 Å². The molecular formula is C18H24N2O3S. The number of carbonyl (C=O) groups excluding carboxylic acids is 1. The van der Waals surface area contributed by atoms with Crippen LogP contribution in [0.25, 0.3) is 0 Å². The van der Waals surface area contributed by atoms with E-state index in [0.717, 1.165) is 42.9 Å². The maximum Gasteiger partial charge on any atom is 0.251 e. The van der Waals surface area contributed by atoms with Gasteiger partial charge in [0.1, 0.15) is 6.04 Å². The molecule has 1 aromatic carbocycles. The second-order valence-electron chi connectivity index (χ2n) is 6.02. The highest BCUT2D eigenvalue weighted by Gasteiger charge is 2.44. The van der Waals surface area contributed by atoms with Crippen LogP contribution in [-0.4, -0.2) is 53.2 Å². The summed E-state index contributed by atoms with van der Waals surface area (Å²) in [6.45, 7) is 6.63. The molecule has 1 aromatic rings. The van der Waals surface area contributed by atoms with E-state index in [2.05, 4.69) is 4.90 Å². The third-order valence-electron chi connectivity index (χ3n) is 4.51. The summed E-state index contributed by atoms with van der Waals surface area (Å²) in [5, 5.41) is 0.693. The Morgan fingerprint density at radius 1 is 1.21 bits per heavy atom. The standard InChI is InChI=1S/C18H24N2O3S/c1-3-22-15-8-7-13(12-16(15)23-4-2)9-11-20-17(21)14-6-5-10-19(14)18(20)24/h7-8,12,14H,3-6,9-11H2,1-2H3/t14-/m1/s1. The first-order valence-corrected chi connectivity index (χ1v) is 9.07. The van der Waals surface area contributed by atoms with Gasteiger partial charge >= 0.3 is 0 Å². The molecule has 2 aliphatic heterocycles. The first-order chi connectivity index (χ1) is 11.7. The van der Waals surface area contributed by atoms with Crippen LogP contribution >= 0.6 is 12.2 Å². The number of thiocarbonyl (C=S) groups is 1. The summed E-state index contributed by atoms with van der Waals surface area (Å²) >= 11 is 5.48. The predicted octanol–water partition coefficient (Wildman–Crippen LogP) is 2.62. The van der Waals surface area contributed by atoms with E-state index in [4.69, 9.17) is 21.7 Å². The van der Waals surface area contributed by atoms with Gasteiger partial charge in [-0.25, -0.2) is 0 Å². The van der Waals surface area contributed by atoms with Crippen LogP contribution in [0.3, 0.4) is 0 Å². The minimum Gasteiger partial charge on any atom is -0.490 e. The quantitative estimate of drug-likeness (QED) is 0.709. The molecule has 3 rings (SSSR count). The van der Waals surface area contributed by atoms with Crippen molar-refractivity contribution in [1.82, 2.24) is 9.80 Å². The van der Waals surface area contributed by atoms with Crippen LogP contribution in [0.1, 0.15) is 32.3 Å². The molecule has 1 amide bonds. The minimum absolute atomic E-state index is 0.0168. The summed E-state index contributed by atoms with van der Waals surface area (Å²) in [4.78, 5) is 16.3. The number of hydrogen-bond acceptors (Lipinski definition) is 4. The molecule has 2 aliphatic rings. The molecule has 0 saturated carbocycles. The summed E-state index contributed by atoms with van der Waals surface area (Å²) in [6.07, 6.45) is 2.73. The molecule has 0 radical (unpaired) electrons. The second kappa shape index (κ2) is 7.38. The van der Waals surface area contributed by atoms with Gasteiger partial charge in [-0.3, -0.25) is 9.69 Å². The molecule has 6 heteroatoms. The molecular weight excluding hydrogens is 324 g/mol. The van der Waals surface area contributed by atoms with E-state index in [0.29, 0.717) is 24.9 Å². The molecule has 0 N–H and O–H groups in total. The average Bonchev–Trinajstić information content (AvgIpc) is 3.14. The Morgan fingerprint density at radius 3 is 2.67 bits per heavy atom. The number of fused-ring (bicyclic) bond motifs is 1. The van der Waals surface area contributed by atoms with Crippen LogP contribution in [0.4, 0.5) is 0 Å². The van der Waals surface area contributed by atoms with Crippen molar-refractivity contribution in [2.24, 2.45) is 0 Å². The van der Waals surface area contributed by atoms with Gasteiger partial charge in [-0.15, -0.1) is 0 Å². The Labute approximate surface area is 148 Å². The monoisotopic (exact) mass is 348 g/mol. The summed E-state index contributed by atoms with van der Waals surface area (Å²) in [6, 6.07) is 5.95. The molecule has 0 bridgehead atoms. The predicted molar refractivity (Wildman–Crippen MR) is 96.5 cm³/mol. The lowest BCUT2D eigenvalue weighted by Gasteiger charge is -2.19. The van der Waals surface area contributed by atoms with Crippen LogP contribution in [-0.2, 0) is 11.2 Å². The molecule has 1 atom stereocenters. The van der Waals surface area contributed by atoms with E-state index in [-0.39, 0.29) is 11.9 Å². The van der Waals surface area contributed by atoms with Gasteiger partial charge < -0.3 is 14.4 Å². The van der Waals surface area contributed by atoms with Gasteiger partial charge in [0.25, 0.3) is 5.91 Å². The molecule has 0 aliphatic carbocycles. The topological polar surface area (TPSA) is 42.0 Å². The first kappa shape index (κ1) is 17.0. The average molecular weight is 348 g/mol. The summed E-state index contributed by atoms with van der Waals surface area (Å²) in [5.41, 5.74) is 1.12. The summed E-state index contributed by atoms with van der Waals surface area (Å²) in [7, 11) is 0. The van der Waals surface area contributed by atoms with E-state index in [1.165, 1.54) is 0 Å². The highest BCUT2D eigenvalue weighted by molar-refractivity contribution is 7.80. The Morgan fingerprint density at radius 2 is 1.96 bits per heavy atom. The first-order valence-electron chi connectivity index (χ1n) is 8.66. The second-order valence-corrected chi connectivity index (χ2v) is 6.39. The molecule has 5 nitrogen and oxygen atoms in total. The lowest BCUT2D eigenvalue weighted by molar-refractivity contribution is -0.127. The van der Waals surface area contributed by atoms with Gasteiger partial charge in [0.2, 0.25) is 0 Å². The van der Waals surface area contributed by atoms with Crippen molar-refractivity contribution in [3.63, 3.8) is 0 Å². The zero-order valence-electron chi connectivity index (χ0n) is 14.3. The minimum atomic E-state index is -0.0168. The molecule has 0 aromatic heterocycles. The number of hydrogen-bond donors (Lipinski definition) is 0. The van der Waals surface area contributed by atoms with Gasteiger partial charge in [0.05, 0.1) is 13.2 Å². The van der Waals surface area contributed by atoms with Crippen LogP contribution in [0.15, 0.2) is 18.2 Å². The van der Waals surface area contributed by atoms with Crippen molar-refractivity contribution in [3.8, 4) is 11.5 Å². The smallest absolute Gasteiger partial charge is 0.251 e. The lowest BCUT2D eigenvalue weighted by atomic mass is 10.1. The molecule has 2 heterocycles. The third kappa shape index (κ3) is 3.20. The number of rotatable bonds is 7. The number of benzene rings is 1. The molecule has 130 valence electrons. The van der Waals surface area contributed by atoms with E-state index in [1.54, 1.807) is 4.90 Å². The molecule has 0 unspecified atom stereocenters. The van der Waals surface area contributed by atoms with Gasteiger partial charge in [0.15, 0.2) is 16.6 Å². The third-order valence-corrected chi connectivity index (χ3v) is 4.97. The summed E-state index contributed by atoms with van der Waals surface area (Å²) < 4.78 is 11.3. The largest absolute Gasteiger partial charge is 0.490 e. The van der Waals surface area contributed by atoms with Crippen LogP contribution < -0.4 is 9.47 Å². The normalized spacial score (nSPS) is 19.8. The molecule has 2 saturated heterocycles. The fourth-order valence-electron chi connectivity index (χ4n) is 3.38. The SMILES string of the molecule is CCOc1ccc(CCN2C(=O)[C@H]3CCCN3C2=S)cc1OCC. The number of carbonyl (C=O) groups is 1. The Kier molecular flexibility index (Phi) is 5.23. The van der Waals surface area contributed by atoms with Crippen LogP contribution in [0.5, 0.6) is 11.5 Å². The van der Waals surface area contributed by atoms with Gasteiger partial charge in [0, 0.05) is 13.1 Å². The fourth-order valence-corrected chi connectivity index (χ4v) is 3.78. The van der Waals surface area contributed by atoms with Crippen molar-refractivity contribution in [2.75, 3.05) is 26.3 Å². The number of nitrogens with zero attached hydrogens (tertiary/aromatic N) is 2. The lowest BCUT2D eigenvalue weighted by Crippen LogP contribution is -2.34. The van der Waals surface area contributed by atoms with E-state index in [9.17, 15) is 4.79 Å². The van der Waals surface area contributed by atoms with E-state index >= 15 is 0 Å². The maximum atomic E-state index is 12.5. The molecule has 2 fully saturated rings. The van der Waals surface area contributed by atoms with Crippen molar-refractivity contribution in [1.29, 1.82) is 0 Å². The number of ether oxygens (including phenoxy) is 2. The van der Waals surface area contributed by atoms with Gasteiger partial charge in [-0.1, -0.05) is 6.07 Å². The van der Waals surface area contributed by atoms with E-state index < -0.39 is 0 Å². The van der Waals surface area contributed by atoms with Crippen LogP contribution in [0.2, 0.25) is 0 Å². The fraction of sp³-hybridized carbons (Fsp3) is 0.556.